The van der Waals surface area contributed by atoms with Gasteiger partial charge in [0.1, 0.15) is 0 Å². The molecule has 0 spiro atoms. The molecule has 0 amide bonds. The Bertz CT molecular complexity index is 711. The molecule has 2 heterocycles. The van der Waals surface area contributed by atoms with Crippen molar-refractivity contribution in [2.24, 2.45) is 0 Å². The maximum atomic E-state index is 11.7. The highest BCUT2D eigenvalue weighted by Crippen LogP contribution is 2.25. The molecule has 0 radical (unpaired) electrons. The number of nitrogens with zero attached hydrogens (tertiary/aromatic N) is 1. The number of hydrogen-bond donors (Lipinski definition) is 2. The van der Waals surface area contributed by atoms with E-state index in [1.54, 1.807) is 6.20 Å². The van der Waals surface area contributed by atoms with E-state index in [2.05, 4.69) is 21.3 Å². The molecule has 1 aliphatic heterocycles. The predicted molar refractivity (Wildman–Crippen MR) is 92.1 cm³/mol. The van der Waals surface area contributed by atoms with E-state index in [1.807, 2.05) is 24.3 Å². The Balaban J connectivity index is 1.70. The molecule has 122 valence electrons. The molecular formula is C17H20ClN3O2. The van der Waals surface area contributed by atoms with Crippen LogP contribution in [0.15, 0.2) is 41.3 Å². The summed E-state index contributed by atoms with van der Waals surface area (Å²) < 4.78 is 5.42. The highest BCUT2D eigenvalue weighted by atomic mass is 35.5. The van der Waals surface area contributed by atoms with Crippen molar-refractivity contribution >= 4 is 17.3 Å². The zero-order chi connectivity index (χ0) is 16.1. The van der Waals surface area contributed by atoms with Crippen molar-refractivity contribution in [3.8, 4) is 0 Å². The van der Waals surface area contributed by atoms with Crippen LogP contribution in [0.4, 0.5) is 5.69 Å². The summed E-state index contributed by atoms with van der Waals surface area (Å²) in [5, 5.41) is 4.05. The van der Waals surface area contributed by atoms with Gasteiger partial charge in [-0.15, -0.1) is 0 Å². The normalized spacial score (nSPS) is 14.9. The number of aromatic nitrogens is 1. The number of ether oxygens (including phenoxy) is 1. The number of benzene rings is 1. The van der Waals surface area contributed by atoms with Crippen LogP contribution in [0, 0.1) is 0 Å². The van der Waals surface area contributed by atoms with Crippen molar-refractivity contribution in [1.29, 1.82) is 0 Å². The van der Waals surface area contributed by atoms with Gasteiger partial charge in [0.15, 0.2) is 0 Å². The molecule has 0 atom stereocenters. The molecule has 0 saturated carbocycles. The van der Waals surface area contributed by atoms with E-state index in [1.165, 1.54) is 5.69 Å². The molecule has 2 N–H and O–H groups in total. The van der Waals surface area contributed by atoms with Crippen LogP contribution in [-0.4, -0.2) is 31.3 Å². The summed E-state index contributed by atoms with van der Waals surface area (Å²) in [6.45, 7) is 4.43. The van der Waals surface area contributed by atoms with Crippen LogP contribution in [0.25, 0.3) is 0 Å². The van der Waals surface area contributed by atoms with Crippen LogP contribution in [0.3, 0.4) is 0 Å². The molecule has 0 aliphatic carbocycles. The molecule has 0 bridgehead atoms. The van der Waals surface area contributed by atoms with E-state index in [4.69, 9.17) is 16.3 Å². The van der Waals surface area contributed by atoms with Crippen molar-refractivity contribution in [2.75, 3.05) is 31.2 Å². The monoisotopic (exact) mass is 333 g/mol. The highest BCUT2D eigenvalue weighted by molar-refractivity contribution is 6.30. The molecule has 2 aromatic rings. The van der Waals surface area contributed by atoms with E-state index in [0.717, 1.165) is 42.5 Å². The molecule has 1 aromatic carbocycles. The van der Waals surface area contributed by atoms with Gasteiger partial charge in [-0.1, -0.05) is 17.7 Å². The Morgan fingerprint density at radius 1 is 1.17 bits per heavy atom. The highest BCUT2D eigenvalue weighted by Gasteiger charge is 2.15. The lowest BCUT2D eigenvalue weighted by Gasteiger charge is -2.30. The lowest BCUT2D eigenvalue weighted by Crippen LogP contribution is -2.37. The minimum atomic E-state index is -0.0560. The molecular weight excluding hydrogens is 314 g/mol. The minimum absolute atomic E-state index is 0.0560. The fraction of sp³-hybridized carbons (Fsp3) is 0.353. The second-order valence-corrected chi connectivity index (χ2v) is 5.94. The first kappa shape index (κ1) is 16.1. The van der Waals surface area contributed by atoms with Crippen molar-refractivity contribution in [2.45, 2.75) is 13.1 Å². The van der Waals surface area contributed by atoms with Gasteiger partial charge < -0.3 is 19.9 Å². The van der Waals surface area contributed by atoms with Gasteiger partial charge in [-0.2, -0.15) is 0 Å². The third-order valence-electron chi connectivity index (χ3n) is 3.92. The fourth-order valence-corrected chi connectivity index (χ4v) is 2.93. The molecule has 1 fully saturated rings. The third-order valence-corrected chi connectivity index (χ3v) is 4.16. The molecule has 1 aromatic heterocycles. The molecule has 6 heteroatoms. The zero-order valence-electron chi connectivity index (χ0n) is 12.8. The van der Waals surface area contributed by atoms with E-state index in [-0.39, 0.29) is 5.56 Å². The van der Waals surface area contributed by atoms with Crippen LogP contribution < -0.4 is 15.8 Å². The van der Waals surface area contributed by atoms with Crippen LogP contribution in [0.1, 0.15) is 11.1 Å². The summed E-state index contributed by atoms with van der Waals surface area (Å²) in [6, 6.07) is 9.61. The quantitative estimate of drug-likeness (QED) is 0.880. The smallest absolute Gasteiger partial charge is 0.252 e. The average molecular weight is 334 g/mol. The van der Waals surface area contributed by atoms with E-state index >= 15 is 0 Å². The largest absolute Gasteiger partial charge is 0.378 e. The number of pyridine rings is 1. The van der Waals surface area contributed by atoms with Gasteiger partial charge in [0.05, 0.1) is 13.2 Å². The first-order chi connectivity index (χ1) is 11.2. The first-order valence-corrected chi connectivity index (χ1v) is 8.10. The summed E-state index contributed by atoms with van der Waals surface area (Å²) in [4.78, 5) is 16.7. The summed E-state index contributed by atoms with van der Waals surface area (Å²) in [5.41, 5.74) is 2.97. The van der Waals surface area contributed by atoms with Gasteiger partial charge in [0, 0.05) is 48.6 Å². The Morgan fingerprint density at radius 3 is 2.74 bits per heavy atom. The van der Waals surface area contributed by atoms with Crippen LogP contribution in [0.5, 0.6) is 0 Å². The van der Waals surface area contributed by atoms with Gasteiger partial charge in [-0.25, -0.2) is 0 Å². The fourth-order valence-electron chi connectivity index (χ4n) is 2.74. The Hall–Kier alpha value is -1.82. The lowest BCUT2D eigenvalue weighted by atomic mass is 10.1. The van der Waals surface area contributed by atoms with E-state index in [0.29, 0.717) is 13.1 Å². The van der Waals surface area contributed by atoms with Crippen LogP contribution >= 0.6 is 11.6 Å². The number of nitrogens with one attached hydrogen (secondary N) is 2. The van der Waals surface area contributed by atoms with Gasteiger partial charge in [-0.05, 0) is 29.8 Å². The average Bonchev–Trinajstić information content (AvgIpc) is 2.58. The van der Waals surface area contributed by atoms with Gasteiger partial charge >= 0.3 is 0 Å². The Labute approximate surface area is 140 Å². The number of H-pyrrole nitrogens is 1. The molecule has 1 saturated heterocycles. The number of morpholine rings is 1. The van der Waals surface area contributed by atoms with Crippen LogP contribution in [-0.2, 0) is 17.8 Å². The Kier molecular flexibility index (Phi) is 5.33. The van der Waals surface area contributed by atoms with E-state index < -0.39 is 0 Å². The van der Waals surface area contributed by atoms with E-state index in [9.17, 15) is 4.79 Å². The number of aromatic amines is 1. The summed E-state index contributed by atoms with van der Waals surface area (Å²) >= 11 is 6.15. The molecule has 0 unspecified atom stereocenters. The Morgan fingerprint density at radius 2 is 1.96 bits per heavy atom. The molecule has 23 heavy (non-hydrogen) atoms. The second kappa shape index (κ2) is 7.64. The van der Waals surface area contributed by atoms with Crippen molar-refractivity contribution < 1.29 is 4.74 Å². The zero-order valence-corrected chi connectivity index (χ0v) is 13.6. The maximum absolute atomic E-state index is 11.7. The summed E-state index contributed by atoms with van der Waals surface area (Å²) in [6.07, 6.45) is 1.64. The van der Waals surface area contributed by atoms with Crippen molar-refractivity contribution in [3.63, 3.8) is 0 Å². The summed E-state index contributed by atoms with van der Waals surface area (Å²) in [7, 11) is 0. The number of rotatable bonds is 5. The third kappa shape index (κ3) is 4.13. The van der Waals surface area contributed by atoms with Gasteiger partial charge in [0.25, 0.3) is 5.56 Å². The summed E-state index contributed by atoms with van der Waals surface area (Å²) in [5.74, 6) is 0. The van der Waals surface area contributed by atoms with Gasteiger partial charge in [-0.3, -0.25) is 4.79 Å². The number of hydrogen-bond acceptors (Lipinski definition) is 4. The maximum Gasteiger partial charge on any atom is 0.252 e. The predicted octanol–water partition coefficient (Wildman–Crippen LogP) is 2.15. The molecule has 3 rings (SSSR count). The van der Waals surface area contributed by atoms with Crippen LogP contribution in [0.2, 0.25) is 5.02 Å². The first-order valence-electron chi connectivity index (χ1n) is 7.72. The van der Waals surface area contributed by atoms with Crippen molar-refractivity contribution in [3.05, 3.63) is 63.0 Å². The molecule has 1 aliphatic rings. The SMILES string of the molecule is O=c1[nH]cccc1CNCc1cc(Cl)ccc1N1CCOCC1. The number of halogens is 1. The minimum Gasteiger partial charge on any atom is -0.378 e. The number of anilines is 1. The second-order valence-electron chi connectivity index (χ2n) is 5.50. The lowest BCUT2D eigenvalue weighted by molar-refractivity contribution is 0.122. The van der Waals surface area contributed by atoms with Crippen molar-refractivity contribution in [1.82, 2.24) is 10.3 Å². The standard InChI is InChI=1S/C17H20ClN3O2/c18-15-3-4-16(21-6-8-23-9-7-21)14(10-15)12-19-11-13-2-1-5-20-17(13)22/h1-5,10,19H,6-9,11-12H2,(H,20,22). The molecule has 5 nitrogen and oxygen atoms in total. The van der Waals surface area contributed by atoms with Gasteiger partial charge in [0.2, 0.25) is 0 Å². The topological polar surface area (TPSA) is 57.4 Å².